The number of hydrogen-bond acceptors (Lipinski definition) is 4. The van der Waals surface area contributed by atoms with Gasteiger partial charge in [-0.1, -0.05) is 15.9 Å². The molecule has 0 atom stereocenters. The lowest BCUT2D eigenvalue weighted by molar-refractivity contribution is 0.0507. The third-order valence-electron chi connectivity index (χ3n) is 1.71. The van der Waals surface area contributed by atoms with Crippen molar-refractivity contribution in [3.63, 3.8) is 0 Å². The zero-order valence-electron chi connectivity index (χ0n) is 8.34. The lowest BCUT2D eigenvalue weighted by Crippen LogP contribution is -2.13. The lowest BCUT2D eigenvalue weighted by Gasteiger charge is -2.10. The maximum Gasteiger partial charge on any atom is 0.357 e. The van der Waals surface area contributed by atoms with Gasteiger partial charge in [0.1, 0.15) is 5.82 Å². The van der Waals surface area contributed by atoms with E-state index in [0.717, 1.165) is 0 Å². The van der Waals surface area contributed by atoms with E-state index in [0.29, 0.717) is 0 Å². The molecule has 0 unspecified atom stereocenters. The minimum atomic E-state index is -2.83. The van der Waals surface area contributed by atoms with E-state index in [-0.39, 0.29) is 16.9 Å². The number of nitrogens with zero attached hydrogens (tertiary/aromatic N) is 1. The summed E-state index contributed by atoms with van der Waals surface area (Å²) >= 11 is 2.91. The minimum absolute atomic E-state index is 0.0284. The number of nitrogens with two attached hydrogens (primary N) is 1. The predicted octanol–water partition coefficient (Wildman–Crippen LogP) is 2.54. The number of aromatic nitrogens is 1. The van der Waals surface area contributed by atoms with Crippen LogP contribution in [0.3, 0.4) is 0 Å². The van der Waals surface area contributed by atoms with Gasteiger partial charge in [0.25, 0.3) is 6.43 Å². The smallest absolute Gasteiger partial charge is 0.357 e. The first kappa shape index (κ1) is 12.8. The number of anilines is 1. The van der Waals surface area contributed by atoms with Crippen LogP contribution >= 0.6 is 15.9 Å². The lowest BCUT2D eigenvalue weighted by atomic mass is 10.2. The van der Waals surface area contributed by atoms with Crippen LogP contribution in [0, 0.1) is 0 Å². The second-order valence-corrected chi connectivity index (χ2v) is 3.67. The van der Waals surface area contributed by atoms with Crippen LogP contribution in [0.25, 0.3) is 0 Å². The van der Waals surface area contributed by atoms with Crippen molar-refractivity contribution in [3.05, 3.63) is 21.8 Å². The van der Waals surface area contributed by atoms with Crippen LogP contribution in [0.4, 0.5) is 14.6 Å². The van der Waals surface area contributed by atoms with Crippen LogP contribution in [0.15, 0.2) is 10.5 Å². The molecule has 2 N–H and O–H groups in total. The van der Waals surface area contributed by atoms with Crippen molar-refractivity contribution in [3.8, 4) is 0 Å². The first-order valence-electron chi connectivity index (χ1n) is 4.38. The van der Waals surface area contributed by atoms with Gasteiger partial charge in [0.05, 0.1) is 12.2 Å². The Kier molecular flexibility index (Phi) is 4.17. The van der Waals surface area contributed by atoms with Crippen molar-refractivity contribution in [1.82, 2.24) is 4.98 Å². The van der Waals surface area contributed by atoms with Gasteiger partial charge in [-0.25, -0.2) is 18.6 Å². The molecule has 1 aromatic heterocycles. The SMILES string of the molecule is CCOC(=O)c1nc(N)cc(Br)c1C(F)F. The Hall–Kier alpha value is -1.24. The van der Waals surface area contributed by atoms with Gasteiger partial charge in [-0.3, -0.25) is 0 Å². The molecule has 0 bridgehead atoms. The van der Waals surface area contributed by atoms with Crippen LogP contribution in [0.2, 0.25) is 0 Å². The standard InChI is InChI=1S/C9H9BrF2N2O2/c1-2-16-9(15)7-6(8(11)12)4(10)3-5(13)14-7/h3,8H,2H2,1H3,(H2,13,14). The molecule has 88 valence electrons. The number of halogens is 3. The Morgan fingerprint density at radius 1 is 1.69 bits per heavy atom. The van der Waals surface area contributed by atoms with Gasteiger partial charge in [0.2, 0.25) is 0 Å². The number of carbonyl (C=O) groups excluding carboxylic acids is 1. The molecule has 0 aromatic carbocycles. The van der Waals surface area contributed by atoms with Crippen molar-refractivity contribution in [1.29, 1.82) is 0 Å². The zero-order valence-corrected chi connectivity index (χ0v) is 9.92. The summed E-state index contributed by atoms with van der Waals surface area (Å²) in [6.07, 6.45) is -2.83. The van der Waals surface area contributed by atoms with E-state index in [9.17, 15) is 13.6 Å². The molecule has 0 aliphatic rings. The van der Waals surface area contributed by atoms with Crippen molar-refractivity contribution in [2.45, 2.75) is 13.3 Å². The number of alkyl halides is 2. The van der Waals surface area contributed by atoms with Crippen LogP contribution in [0.5, 0.6) is 0 Å². The van der Waals surface area contributed by atoms with Gasteiger partial charge in [-0.05, 0) is 13.0 Å². The van der Waals surface area contributed by atoms with Gasteiger partial charge in [0, 0.05) is 4.47 Å². The molecular formula is C9H9BrF2N2O2. The van der Waals surface area contributed by atoms with E-state index in [2.05, 4.69) is 25.7 Å². The number of carbonyl (C=O) groups is 1. The van der Waals surface area contributed by atoms with Crippen LogP contribution in [-0.2, 0) is 4.74 Å². The van der Waals surface area contributed by atoms with Crippen molar-refractivity contribution in [2.24, 2.45) is 0 Å². The minimum Gasteiger partial charge on any atom is -0.461 e. The van der Waals surface area contributed by atoms with Crippen LogP contribution < -0.4 is 5.73 Å². The summed E-state index contributed by atoms with van der Waals surface area (Å²) in [5.41, 5.74) is 4.41. The average molecular weight is 295 g/mol. The molecule has 7 heteroatoms. The number of hydrogen-bond donors (Lipinski definition) is 1. The summed E-state index contributed by atoms with van der Waals surface area (Å²) in [7, 11) is 0. The fourth-order valence-electron chi connectivity index (χ4n) is 1.10. The molecule has 0 aliphatic carbocycles. The molecule has 0 amide bonds. The monoisotopic (exact) mass is 294 g/mol. The van der Waals surface area contributed by atoms with E-state index in [1.165, 1.54) is 6.07 Å². The van der Waals surface area contributed by atoms with E-state index < -0.39 is 23.7 Å². The average Bonchev–Trinajstić information content (AvgIpc) is 2.15. The quantitative estimate of drug-likeness (QED) is 0.870. The molecule has 0 saturated heterocycles. The van der Waals surface area contributed by atoms with Gasteiger partial charge in [-0.2, -0.15) is 0 Å². The molecule has 0 radical (unpaired) electrons. The number of rotatable bonds is 3. The normalized spacial score (nSPS) is 10.6. The fourth-order valence-corrected chi connectivity index (χ4v) is 1.70. The largest absolute Gasteiger partial charge is 0.461 e. The molecular weight excluding hydrogens is 286 g/mol. The van der Waals surface area contributed by atoms with E-state index >= 15 is 0 Å². The highest BCUT2D eigenvalue weighted by Crippen LogP contribution is 2.31. The van der Waals surface area contributed by atoms with E-state index in [1.54, 1.807) is 6.92 Å². The molecule has 16 heavy (non-hydrogen) atoms. The Balaban J connectivity index is 3.29. The molecule has 0 spiro atoms. The van der Waals surface area contributed by atoms with Crippen molar-refractivity contribution in [2.75, 3.05) is 12.3 Å². The molecule has 0 aliphatic heterocycles. The Morgan fingerprint density at radius 3 is 2.81 bits per heavy atom. The molecule has 4 nitrogen and oxygen atoms in total. The fraction of sp³-hybridized carbons (Fsp3) is 0.333. The highest BCUT2D eigenvalue weighted by atomic mass is 79.9. The van der Waals surface area contributed by atoms with E-state index in [1.807, 2.05) is 0 Å². The Labute approximate surface area is 98.9 Å². The highest BCUT2D eigenvalue weighted by Gasteiger charge is 2.24. The summed E-state index contributed by atoms with van der Waals surface area (Å²) in [5.74, 6) is -0.940. The molecule has 1 heterocycles. The summed E-state index contributed by atoms with van der Waals surface area (Å²) in [6, 6.07) is 1.21. The number of ether oxygens (including phenoxy) is 1. The number of nitrogen functional groups attached to an aromatic ring is 1. The van der Waals surface area contributed by atoms with Gasteiger partial charge in [0.15, 0.2) is 5.69 Å². The highest BCUT2D eigenvalue weighted by molar-refractivity contribution is 9.10. The molecule has 0 fully saturated rings. The molecule has 1 aromatic rings. The zero-order chi connectivity index (χ0) is 12.3. The van der Waals surface area contributed by atoms with Gasteiger partial charge in [-0.15, -0.1) is 0 Å². The Bertz CT molecular complexity index is 413. The molecule has 1 rings (SSSR count). The van der Waals surface area contributed by atoms with Crippen molar-refractivity contribution >= 4 is 27.7 Å². The summed E-state index contributed by atoms with van der Waals surface area (Å²) in [4.78, 5) is 14.9. The van der Waals surface area contributed by atoms with Gasteiger partial charge < -0.3 is 10.5 Å². The van der Waals surface area contributed by atoms with Crippen molar-refractivity contribution < 1.29 is 18.3 Å². The maximum atomic E-state index is 12.7. The second kappa shape index (κ2) is 5.20. The summed E-state index contributed by atoms with van der Waals surface area (Å²) in [5, 5.41) is 0. The second-order valence-electron chi connectivity index (χ2n) is 2.81. The third kappa shape index (κ3) is 2.66. The summed E-state index contributed by atoms with van der Waals surface area (Å²) < 4.78 is 30.1. The Morgan fingerprint density at radius 2 is 2.31 bits per heavy atom. The predicted molar refractivity (Wildman–Crippen MR) is 57.3 cm³/mol. The van der Waals surface area contributed by atoms with Gasteiger partial charge >= 0.3 is 5.97 Å². The number of pyridine rings is 1. The van der Waals surface area contributed by atoms with Crippen LogP contribution in [0.1, 0.15) is 29.4 Å². The van der Waals surface area contributed by atoms with E-state index in [4.69, 9.17) is 5.73 Å². The topological polar surface area (TPSA) is 65.2 Å². The first-order valence-corrected chi connectivity index (χ1v) is 5.17. The maximum absolute atomic E-state index is 12.7. The molecule has 0 saturated carbocycles. The van der Waals surface area contributed by atoms with Crippen LogP contribution in [-0.4, -0.2) is 17.6 Å². The number of esters is 1. The summed E-state index contributed by atoms with van der Waals surface area (Å²) in [6.45, 7) is 1.65. The first-order chi connectivity index (χ1) is 7.47. The third-order valence-corrected chi connectivity index (χ3v) is 2.37.